The molecule has 0 aliphatic rings. The average molecular weight is 354 g/mol. The van der Waals surface area contributed by atoms with Crippen LogP contribution in [0.1, 0.15) is 24.9 Å². The van der Waals surface area contributed by atoms with Crippen molar-refractivity contribution in [2.24, 2.45) is 5.73 Å². The molecule has 4 aromatic rings. The van der Waals surface area contributed by atoms with Gasteiger partial charge in [-0.15, -0.1) is 12.4 Å². The van der Waals surface area contributed by atoms with Gasteiger partial charge in [-0.1, -0.05) is 54.6 Å². The summed E-state index contributed by atoms with van der Waals surface area (Å²) in [6.45, 7) is 2.18. The fourth-order valence-corrected chi connectivity index (χ4v) is 3.59. The zero-order valence-corrected chi connectivity index (χ0v) is 14.8. The van der Waals surface area contributed by atoms with Gasteiger partial charge in [-0.2, -0.15) is 0 Å². The van der Waals surface area contributed by atoms with Crippen LogP contribution in [0.2, 0.25) is 0 Å². The monoisotopic (exact) mass is 353 g/mol. The molecule has 0 bridgehead atoms. The summed E-state index contributed by atoms with van der Waals surface area (Å²) in [6.07, 6.45) is 0.192. The third kappa shape index (κ3) is 2.90. The summed E-state index contributed by atoms with van der Waals surface area (Å²) >= 11 is 0. The van der Waals surface area contributed by atoms with Gasteiger partial charge in [0, 0.05) is 6.04 Å². The van der Waals surface area contributed by atoms with Crippen LogP contribution in [0.25, 0.3) is 32.3 Å². The fourth-order valence-electron chi connectivity index (χ4n) is 3.59. The Morgan fingerprint density at radius 3 is 2.24 bits per heavy atom. The highest BCUT2D eigenvalue weighted by Crippen LogP contribution is 2.37. The van der Waals surface area contributed by atoms with E-state index in [1.807, 2.05) is 6.07 Å². The average Bonchev–Trinajstić information content (AvgIpc) is 2.59. The Labute approximate surface area is 152 Å². The lowest BCUT2D eigenvalue weighted by molar-refractivity contribution is -0.143. The zero-order valence-electron chi connectivity index (χ0n) is 14.0. The molecule has 4 aromatic carbocycles. The van der Waals surface area contributed by atoms with E-state index < -0.39 is 0 Å². The molecule has 0 saturated carbocycles. The van der Waals surface area contributed by atoms with E-state index >= 15 is 0 Å². The van der Waals surface area contributed by atoms with Gasteiger partial charge in [0.1, 0.15) is 0 Å². The van der Waals surface area contributed by atoms with Crippen molar-refractivity contribution in [1.29, 1.82) is 0 Å². The molecule has 0 aliphatic heterocycles. The van der Waals surface area contributed by atoms with Gasteiger partial charge in [-0.05, 0) is 44.8 Å². The molecular formula is C21H20ClNO2. The van der Waals surface area contributed by atoms with Crippen LogP contribution in [0.4, 0.5) is 0 Å². The number of hydrogen-bond donors (Lipinski definition) is 1. The van der Waals surface area contributed by atoms with E-state index in [9.17, 15) is 4.79 Å². The first-order valence-electron chi connectivity index (χ1n) is 8.26. The van der Waals surface area contributed by atoms with Crippen molar-refractivity contribution >= 4 is 50.7 Å². The first-order valence-corrected chi connectivity index (χ1v) is 8.26. The molecule has 0 aliphatic carbocycles. The minimum absolute atomic E-state index is 0. The predicted molar refractivity (Wildman–Crippen MR) is 106 cm³/mol. The number of benzene rings is 4. The molecule has 0 saturated heterocycles. The smallest absolute Gasteiger partial charge is 0.307 e. The maximum absolute atomic E-state index is 11.8. The van der Waals surface area contributed by atoms with Crippen LogP contribution in [0.3, 0.4) is 0 Å². The van der Waals surface area contributed by atoms with Gasteiger partial charge in [0.25, 0.3) is 0 Å². The molecule has 2 N–H and O–H groups in total. The largest absolute Gasteiger partial charge is 0.466 e. The van der Waals surface area contributed by atoms with Crippen molar-refractivity contribution in [3.05, 3.63) is 60.2 Å². The minimum Gasteiger partial charge on any atom is -0.466 e. The molecule has 0 heterocycles. The minimum atomic E-state index is -0.367. The predicted octanol–water partition coefficient (Wildman–Crippen LogP) is 4.96. The molecule has 0 unspecified atom stereocenters. The lowest BCUT2D eigenvalue weighted by atomic mass is 9.89. The first-order chi connectivity index (χ1) is 11.7. The number of esters is 1. The fraction of sp³-hybridized carbons (Fsp3) is 0.190. The number of rotatable bonds is 4. The van der Waals surface area contributed by atoms with Crippen LogP contribution in [0.15, 0.2) is 54.6 Å². The van der Waals surface area contributed by atoms with Gasteiger partial charge in [0.15, 0.2) is 0 Å². The number of halogens is 1. The summed E-state index contributed by atoms with van der Waals surface area (Å²) < 4.78 is 5.04. The summed E-state index contributed by atoms with van der Waals surface area (Å²) in [5.74, 6) is -0.254. The summed E-state index contributed by atoms with van der Waals surface area (Å²) in [4.78, 5) is 11.8. The van der Waals surface area contributed by atoms with Crippen LogP contribution < -0.4 is 5.73 Å². The van der Waals surface area contributed by atoms with Crippen molar-refractivity contribution in [3.8, 4) is 0 Å². The Kier molecular flexibility index (Phi) is 4.80. The van der Waals surface area contributed by atoms with Crippen molar-refractivity contribution < 1.29 is 9.53 Å². The van der Waals surface area contributed by atoms with E-state index in [1.54, 1.807) is 6.92 Å². The van der Waals surface area contributed by atoms with Crippen LogP contribution in [-0.4, -0.2) is 12.6 Å². The standard InChI is InChI=1S/C21H19NO2.ClH/c1-2-24-19(23)12-18(22)16-10-8-15-7-6-13-4-3-5-14-9-11-17(16)21(15)20(13)14;/h3-11,18H,2,12,22H2,1H3;1H/t18-;/m1./s1. The Hall–Kier alpha value is -2.36. The van der Waals surface area contributed by atoms with E-state index in [2.05, 4.69) is 48.5 Å². The second kappa shape index (κ2) is 6.87. The SMILES string of the molecule is CCOC(=O)C[C@@H](N)c1ccc2ccc3cccc4ccc1c2c34.Cl. The molecule has 0 amide bonds. The molecule has 0 fully saturated rings. The van der Waals surface area contributed by atoms with Crippen LogP contribution in [-0.2, 0) is 9.53 Å². The van der Waals surface area contributed by atoms with E-state index in [1.165, 1.54) is 26.9 Å². The lowest BCUT2D eigenvalue weighted by Crippen LogP contribution is -2.17. The summed E-state index contributed by atoms with van der Waals surface area (Å²) in [5.41, 5.74) is 7.32. The molecule has 1 atom stereocenters. The number of ether oxygens (including phenoxy) is 1. The third-order valence-corrected chi connectivity index (χ3v) is 4.65. The Morgan fingerprint density at radius 2 is 1.56 bits per heavy atom. The molecule has 25 heavy (non-hydrogen) atoms. The van der Waals surface area contributed by atoms with Crippen molar-refractivity contribution in [3.63, 3.8) is 0 Å². The van der Waals surface area contributed by atoms with Gasteiger partial charge in [0.2, 0.25) is 0 Å². The first kappa shape index (κ1) is 17.5. The van der Waals surface area contributed by atoms with Crippen LogP contribution >= 0.6 is 12.4 Å². The second-order valence-corrected chi connectivity index (χ2v) is 6.13. The molecule has 3 nitrogen and oxygen atoms in total. The van der Waals surface area contributed by atoms with Gasteiger partial charge in [-0.25, -0.2) is 0 Å². The Morgan fingerprint density at radius 1 is 0.960 bits per heavy atom. The van der Waals surface area contributed by atoms with Gasteiger partial charge in [-0.3, -0.25) is 4.79 Å². The highest BCUT2D eigenvalue weighted by molar-refractivity contribution is 6.23. The molecule has 128 valence electrons. The summed E-state index contributed by atoms with van der Waals surface area (Å²) in [6, 6.07) is 18.6. The second-order valence-electron chi connectivity index (χ2n) is 6.13. The number of carbonyl (C=O) groups excluding carboxylic acids is 1. The lowest BCUT2D eigenvalue weighted by Gasteiger charge is -2.17. The third-order valence-electron chi connectivity index (χ3n) is 4.65. The van der Waals surface area contributed by atoms with Crippen molar-refractivity contribution in [2.45, 2.75) is 19.4 Å². The Balaban J connectivity index is 0.00000182. The molecule has 4 heteroatoms. The summed E-state index contributed by atoms with van der Waals surface area (Å²) in [7, 11) is 0. The van der Waals surface area contributed by atoms with Crippen LogP contribution in [0.5, 0.6) is 0 Å². The quantitative estimate of drug-likeness (QED) is 0.417. The Bertz CT molecular complexity index is 1030. The molecule has 0 radical (unpaired) electrons. The van der Waals surface area contributed by atoms with Crippen molar-refractivity contribution in [2.75, 3.05) is 6.61 Å². The van der Waals surface area contributed by atoms with Crippen LogP contribution in [0, 0.1) is 0 Å². The van der Waals surface area contributed by atoms with Gasteiger partial charge >= 0.3 is 5.97 Å². The topological polar surface area (TPSA) is 52.3 Å². The summed E-state index contributed by atoms with van der Waals surface area (Å²) in [5, 5.41) is 7.25. The highest BCUT2D eigenvalue weighted by Gasteiger charge is 2.17. The van der Waals surface area contributed by atoms with Gasteiger partial charge < -0.3 is 10.5 Å². The van der Waals surface area contributed by atoms with Gasteiger partial charge in [0.05, 0.1) is 13.0 Å². The van der Waals surface area contributed by atoms with Crippen molar-refractivity contribution in [1.82, 2.24) is 0 Å². The molecule has 4 rings (SSSR count). The van der Waals surface area contributed by atoms with E-state index in [0.717, 1.165) is 10.9 Å². The number of hydrogen-bond acceptors (Lipinski definition) is 3. The van der Waals surface area contributed by atoms with E-state index in [4.69, 9.17) is 10.5 Å². The highest BCUT2D eigenvalue weighted by atomic mass is 35.5. The number of carbonyl (C=O) groups is 1. The van der Waals surface area contributed by atoms with E-state index in [0.29, 0.717) is 6.61 Å². The normalized spacial score (nSPS) is 12.4. The molecule has 0 aromatic heterocycles. The molecule has 0 spiro atoms. The molecular weight excluding hydrogens is 334 g/mol. The van der Waals surface area contributed by atoms with E-state index in [-0.39, 0.29) is 30.8 Å². The maximum Gasteiger partial charge on any atom is 0.307 e. The number of nitrogens with two attached hydrogens (primary N) is 1. The maximum atomic E-state index is 11.8. The zero-order chi connectivity index (χ0) is 16.7.